The van der Waals surface area contributed by atoms with E-state index in [0.717, 1.165) is 64.2 Å². The van der Waals surface area contributed by atoms with Gasteiger partial charge in [0.1, 0.15) is 19.3 Å². The van der Waals surface area contributed by atoms with E-state index in [1.165, 1.54) is 103 Å². The van der Waals surface area contributed by atoms with Gasteiger partial charge in [-0.2, -0.15) is 0 Å². The number of hydrogen-bond donors (Lipinski definition) is 0. The fraction of sp³-hybridized carbons (Fsp3) is 0.809. The van der Waals surface area contributed by atoms with E-state index < -0.39 is 13.9 Å². The molecule has 0 rings (SSSR count). The third kappa shape index (κ3) is 43.6. The molecule has 0 aliphatic carbocycles. The topological polar surface area (TPSA) is 94.1 Å². The van der Waals surface area contributed by atoms with Crippen molar-refractivity contribution < 1.29 is 37.3 Å². The molecular formula is C47H88NO7P. The molecule has 0 bridgehead atoms. The minimum atomic E-state index is -4.53. The van der Waals surface area contributed by atoms with Crippen molar-refractivity contribution in [3.63, 3.8) is 0 Å². The zero-order chi connectivity index (χ0) is 41.3. The monoisotopic (exact) mass is 810 g/mol. The largest absolute Gasteiger partial charge is 0.756 e. The molecule has 0 aromatic carbocycles. The molecule has 0 aromatic rings. The van der Waals surface area contributed by atoms with Crippen LogP contribution in [0.3, 0.4) is 0 Å². The summed E-state index contributed by atoms with van der Waals surface area (Å²) < 4.78 is 34.6. The zero-order valence-corrected chi connectivity index (χ0v) is 38.0. The number of hydrogen-bond acceptors (Lipinski definition) is 7. The summed E-state index contributed by atoms with van der Waals surface area (Å²) in [6.45, 7) is 5.34. The molecule has 0 saturated carbocycles. The molecule has 0 amide bonds. The van der Waals surface area contributed by atoms with Gasteiger partial charge in [-0.15, -0.1) is 0 Å². The van der Waals surface area contributed by atoms with E-state index >= 15 is 0 Å². The highest BCUT2D eigenvalue weighted by atomic mass is 31.2. The van der Waals surface area contributed by atoms with Crippen LogP contribution in [-0.2, 0) is 27.9 Å². The zero-order valence-electron chi connectivity index (χ0n) is 37.1. The van der Waals surface area contributed by atoms with Crippen LogP contribution in [-0.4, -0.2) is 70.7 Å². The molecule has 0 aliphatic rings. The van der Waals surface area contributed by atoms with E-state index in [-0.39, 0.29) is 25.8 Å². The number of likely N-dealkylation sites (N-methyl/N-ethyl adjacent to an activating group) is 1. The second-order valence-corrected chi connectivity index (χ2v) is 17.8. The fourth-order valence-electron chi connectivity index (χ4n) is 6.02. The third-order valence-corrected chi connectivity index (χ3v) is 10.6. The number of esters is 1. The minimum Gasteiger partial charge on any atom is -0.756 e. The van der Waals surface area contributed by atoms with Gasteiger partial charge in [-0.1, -0.05) is 152 Å². The average molecular weight is 810 g/mol. The number of phosphoric ester groups is 1. The van der Waals surface area contributed by atoms with Gasteiger partial charge in [0.05, 0.1) is 34.4 Å². The molecule has 328 valence electrons. The predicted octanol–water partition coefficient (Wildman–Crippen LogP) is 12.9. The first-order chi connectivity index (χ1) is 27.1. The molecule has 56 heavy (non-hydrogen) atoms. The molecule has 8 nitrogen and oxygen atoms in total. The summed E-state index contributed by atoms with van der Waals surface area (Å²) >= 11 is 0. The maximum absolute atomic E-state index is 12.7. The highest BCUT2D eigenvalue weighted by molar-refractivity contribution is 7.45. The van der Waals surface area contributed by atoms with Crippen molar-refractivity contribution in [3.8, 4) is 0 Å². The maximum atomic E-state index is 12.7. The number of nitrogens with zero attached hydrogens (tertiary/aromatic N) is 1. The van der Waals surface area contributed by atoms with Gasteiger partial charge in [0, 0.05) is 13.0 Å². The van der Waals surface area contributed by atoms with Gasteiger partial charge in [-0.3, -0.25) is 9.36 Å². The molecule has 0 saturated heterocycles. The Labute approximate surface area is 346 Å². The second-order valence-electron chi connectivity index (χ2n) is 16.4. The number of ether oxygens (including phenoxy) is 2. The average Bonchev–Trinajstić information content (AvgIpc) is 3.15. The summed E-state index contributed by atoms with van der Waals surface area (Å²) in [5, 5.41) is 0. The number of carbonyl (C=O) groups is 1. The molecule has 9 heteroatoms. The third-order valence-electron chi connectivity index (χ3n) is 9.60. The first-order valence-corrected chi connectivity index (χ1v) is 24.3. The first kappa shape index (κ1) is 54.5. The van der Waals surface area contributed by atoms with Crippen molar-refractivity contribution >= 4 is 13.8 Å². The lowest BCUT2D eigenvalue weighted by molar-refractivity contribution is -0.870. The van der Waals surface area contributed by atoms with Gasteiger partial charge in [0.25, 0.3) is 7.82 Å². The van der Waals surface area contributed by atoms with Crippen molar-refractivity contribution in [2.75, 3.05) is 54.1 Å². The van der Waals surface area contributed by atoms with Gasteiger partial charge < -0.3 is 27.9 Å². The number of carbonyl (C=O) groups excluding carboxylic acids is 1. The molecule has 0 spiro atoms. The Balaban J connectivity index is 4.26. The Morgan fingerprint density at radius 1 is 0.554 bits per heavy atom. The quantitative estimate of drug-likeness (QED) is 0.0199. The summed E-state index contributed by atoms with van der Waals surface area (Å²) in [4.78, 5) is 25.1. The van der Waals surface area contributed by atoms with Crippen LogP contribution in [0.5, 0.6) is 0 Å². The molecule has 0 fully saturated rings. The van der Waals surface area contributed by atoms with Crippen LogP contribution >= 0.6 is 7.82 Å². The highest BCUT2D eigenvalue weighted by Crippen LogP contribution is 2.38. The molecule has 0 heterocycles. The van der Waals surface area contributed by atoms with E-state index in [1.807, 2.05) is 21.1 Å². The Morgan fingerprint density at radius 2 is 0.982 bits per heavy atom. The van der Waals surface area contributed by atoms with Crippen LogP contribution in [0.4, 0.5) is 0 Å². The standard InChI is InChI=1S/C47H88NO7P/c1-6-8-10-12-14-16-18-20-22-24-26-28-30-32-34-36-38-40-47(49)55-46(45-54-56(50,51)53-43-41-48(3,4)5)44-52-42-39-37-35-33-31-29-27-25-23-21-19-17-15-13-11-9-7-2/h14,16-17,19-20,22-23,25,46H,6-13,15,18,21,24,26-45H2,1-5H3/b16-14-,19-17-,22-20-,25-23-. The maximum Gasteiger partial charge on any atom is 0.306 e. The van der Waals surface area contributed by atoms with E-state index in [9.17, 15) is 14.3 Å². The van der Waals surface area contributed by atoms with E-state index in [0.29, 0.717) is 24.1 Å². The van der Waals surface area contributed by atoms with Crippen LogP contribution in [0.1, 0.15) is 187 Å². The molecular weight excluding hydrogens is 721 g/mol. The number of phosphoric acid groups is 1. The smallest absolute Gasteiger partial charge is 0.306 e. The molecule has 0 N–H and O–H groups in total. The molecule has 2 atom stereocenters. The van der Waals surface area contributed by atoms with Crippen molar-refractivity contribution in [1.82, 2.24) is 0 Å². The predicted molar refractivity (Wildman–Crippen MR) is 236 cm³/mol. The van der Waals surface area contributed by atoms with Gasteiger partial charge in [-0.25, -0.2) is 0 Å². The summed E-state index contributed by atoms with van der Waals surface area (Å²) in [7, 11) is 1.34. The van der Waals surface area contributed by atoms with Crippen LogP contribution < -0.4 is 4.89 Å². The van der Waals surface area contributed by atoms with Crippen molar-refractivity contribution in [1.29, 1.82) is 0 Å². The van der Waals surface area contributed by atoms with E-state index in [1.54, 1.807) is 0 Å². The lowest BCUT2D eigenvalue weighted by atomic mass is 10.1. The lowest BCUT2D eigenvalue weighted by Gasteiger charge is -2.28. The Kier molecular flexibility index (Phi) is 39.1. The SMILES string of the molecule is CCCCC/C=C\C/C=C\CCCCCCCCCC(=O)OC(COCCCCCCCC/C=C\C/C=C\CCCCCC)COP(=O)([O-])OCC[N+](C)(C)C. The van der Waals surface area contributed by atoms with Crippen molar-refractivity contribution in [3.05, 3.63) is 48.6 Å². The van der Waals surface area contributed by atoms with E-state index in [2.05, 4.69) is 62.5 Å². The normalized spacial score (nSPS) is 14.2. The number of allylic oxidation sites excluding steroid dienone is 8. The summed E-state index contributed by atoms with van der Waals surface area (Å²) in [6.07, 6.45) is 48.3. The van der Waals surface area contributed by atoms with Crippen LogP contribution in [0.2, 0.25) is 0 Å². The Morgan fingerprint density at radius 3 is 1.48 bits per heavy atom. The van der Waals surface area contributed by atoms with Crippen LogP contribution in [0.15, 0.2) is 48.6 Å². The van der Waals surface area contributed by atoms with Gasteiger partial charge >= 0.3 is 5.97 Å². The lowest BCUT2D eigenvalue weighted by Crippen LogP contribution is -2.37. The molecule has 0 aromatic heterocycles. The minimum absolute atomic E-state index is 0.0208. The van der Waals surface area contributed by atoms with Gasteiger partial charge in [-0.05, 0) is 77.0 Å². The number of unbranched alkanes of at least 4 members (excludes halogenated alkanes) is 20. The fourth-order valence-corrected chi connectivity index (χ4v) is 6.75. The molecule has 0 radical (unpaired) electrons. The Hall–Kier alpha value is -1.54. The highest BCUT2D eigenvalue weighted by Gasteiger charge is 2.20. The van der Waals surface area contributed by atoms with Crippen LogP contribution in [0, 0.1) is 0 Å². The van der Waals surface area contributed by atoms with Gasteiger partial charge in [0.2, 0.25) is 0 Å². The molecule has 2 unspecified atom stereocenters. The van der Waals surface area contributed by atoms with Crippen molar-refractivity contribution in [2.24, 2.45) is 0 Å². The van der Waals surface area contributed by atoms with Gasteiger partial charge in [0.15, 0.2) is 0 Å². The number of quaternary nitrogens is 1. The first-order valence-electron chi connectivity index (χ1n) is 22.9. The summed E-state index contributed by atoms with van der Waals surface area (Å²) in [5.74, 6) is -0.347. The summed E-state index contributed by atoms with van der Waals surface area (Å²) in [5.41, 5.74) is 0. The molecule has 0 aliphatic heterocycles. The summed E-state index contributed by atoms with van der Waals surface area (Å²) in [6, 6.07) is 0. The van der Waals surface area contributed by atoms with E-state index in [4.69, 9.17) is 18.5 Å². The van der Waals surface area contributed by atoms with Crippen LogP contribution in [0.25, 0.3) is 0 Å². The van der Waals surface area contributed by atoms with Crippen molar-refractivity contribution in [2.45, 2.75) is 193 Å². The second kappa shape index (κ2) is 40.2. The number of rotatable bonds is 42. The Bertz CT molecular complexity index is 1040.